The monoisotopic (exact) mass is 282 g/mol. The highest BCUT2D eigenvalue weighted by Crippen LogP contribution is 2.26. The van der Waals surface area contributed by atoms with Crippen molar-refractivity contribution in [1.82, 2.24) is 4.31 Å². The van der Waals surface area contributed by atoms with Crippen molar-refractivity contribution in [2.75, 3.05) is 38.2 Å². The lowest BCUT2D eigenvalue weighted by atomic mass is 10.0. The highest BCUT2D eigenvalue weighted by molar-refractivity contribution is 7.89. The van der Waals surface area contributed by atoms with Gasteiger partial charge < -0.3 is 10.1 Å². The fourth-order valence-corrected chi connectivity index (χ4v) is 4.01. The van der Waals surface area contributed by atoms with E-state index in [2.05, 4.69) is 5.32 Å². The Bertz CT molecular complexity index is 565. The molecule has 0 aliphatic carbocycles. The molecule has 0 unspecified atom stereocenters. The van der Waals surface area contributed by atoms with E-state index < -0.39 is 10.0 Å². The molecule has 0 atom stereocenters. The van der Waals surface area contributed by atoms with Crippen LogP contribution in [-0.4, -0.2) is 45.6 Å². The normalized spacial score (nSPS) is 20.6. The maximum absolute atomic E-state index is 12.5. The van der Waals surface area contributed by atoms with Crippen LogP contribution in [0.3, 0.4) is 0 Å². The molecular formula is C13H18N2O3S. The van der Waals surface area contributed by atoms with Crippen LogP contribution < -0.4 is 5.32 Å². The van der Waals surface area contributed by atoms with Gasteiger partial charge in [-0.1, -0.05) is 0 Å². The van der Waals surface area contributed by atoms with Crippen LogP contribution in [0.25, 0.3) is 0 Å². The van der Waals surface area contributed by atoms with Crippen LogP contribution >= 0.6 is 0 Å². The number of nitrogens with zero attached hydrogens (tertiary/aromatic N) is 1. The van der Waals surface area contributed by atoms with Crippen molar-refractivity contribution in [2.24, 2.45) is 0 Å². The summed E-state index contributed by atoms with van der Waals surface area (Å²) in [6, 6.07) is 5.38. The molecule has 1 fully saturated rings. The SMILES string of the molecule is O=S(=O)(c1ccc2c(c1)CCCN2)N1CCOCC1. The first kappa shape index (κ1) is 12.9. The average molecular weight is 282 g/mol. The molecule has 2 aliphatic rings. The fourth-order valence-electron chi connectivity index (χ4n) is 2.55. The Morgan fingerprint density at radius 2 is 2.00 bits per heavy atom. The molecule has 104 valence electrons. The van der Waals surface area contributed by atoms with E-state index in [1.807, 2.05) is 12.1 Å². The lowest BCUT2D eigenvalue weighted by Crippen LogP contribution is -2.40. The number of anilines is 1. The molecule has 1 saturated heterocycles. The lowest BCUT2D eigenvalue weighted by molar-refractivity contribution is 0.0730. The first-order valence-electron chi connectivity index (χ1n) is 6.62. The van der Waals surface area contributed by atoms with E-state index in [9.17, 15) is 8.42 Å². The van der Waals surface area contributed by atoms with Gasteiger partial charge in [-0.25, -0.2) is 8.42 Å². The molecule has 3 rings (SSSR count). The number of rotatable bonds is 2. The lowest BCUT2D eigenvalue weighted by Gasteiger charge is -2.27. The van der Waals surface area contributed by atoms with E-state index in [1.54, 1.807) is 6.07 Å². The maximum atomic E-state index is 12.5. The highest BCUT2D eigenvalue weighted by Gasteiger charge is 2.27. The minimum atomic E-state index is -3.37. The first-order valence-corrected chi connectivity index (χ1v) is 8.07. The van der Waals surface area contributed by atoms with E-state index in [0.717, 1.165) is 30.6 Å². The summed E-state index contributed by atoms with van der Waals surface area (Å²) < 4.78 is 31.8. The number of aryl methyl sites for hydroxylation is 1. The standard InChI is InChI=1S/C13H18N2O3S/c16-19(17,15-6-8-18-9-7-15)12-3-4-13-11(10-12)2-1-5-14-13/h3-4,10,14H,1-2,5-9H2. The van der Waals surface area contributed by atoms with Crippen molar-refractivity contribution in [1.29, 1.82) is 0 Å². The average Bonchev–Trinajstić information content (AvgIpc) is 2.47. The Labute approximate surface area is 113 Å². The third kappa shape index (κ3) is 2.48. The van der Waals surface area contributed by atoms with Crippen LogP contribution in [0.15, 0.2) is 23.1 Å². The van der Waals surface area contributed by atoms with Crippen LogP contribution in [-0.2, 0) is 21.2 Å². The molecule has 2 aliphatic heterocycles. The summed E-state index contributed by atoms with van der Waals surface area (Å²) in [5.41, 5.74) is 2.16. The molecule has 0 saturated carbocycles. The van der Waals surface area contributed by atoms with E-state index >= 15 is 0 Å². The molecule has 1 aromatic carbocycles. The molecule has 1 N–H and O–H groups in total. The molecule has 0 radical (unpaired) electrons. The molecule has 19 heavy (non-hydrogen) atoms. The van der Waals surface area contributed by atoms with E-state index in [-0.39, 0.29) is 0 Å². The van der Waals surface area contributed by atoms with E-state index in [4.69, 9.17) is 4.74 Å². The third-order valence-electron chi connectivity index (χ3n) is 3.62. The molecule has 2 heterocycles. The van der Waals surface area contributed by atoms with Gasteiger partial charge in [-0.15, -0.1) is 0 Å². The minimum absolute atomic E-state index is 0.400. The van der Waals surface area contributed by atoms with Gasteiger partial charge in [0.2, 0.25) is 10.0 Å². The number of hydrogen-bond donors (Lipinski definition) is 1. The second-order valence-corrected chi connectivity index (χ2v) is 6.80. The Hall–Kier alpha value is -1.11. The Morgan fingerprint density at radius 1 is 1.21 bits per heavy atom. The van der Waals surface area contributed by atoms with Gasteiger partial charge in [0.25, 0.3) is 0 Å². The van der Waals surface area contributed by atoms with Gasteiger partial charge in [-0.2, -0.15) is 4.31 Å². The van der Waals surface area contributed by atoms with Crippen molar-refractivity contribution in [2.45, 2.75) is 17.7 Å². The van der Waals surface area contributed by atoms with Gasteiger partial charge in [-0.05, 0) is 36.6 Å². The summed E-state index contributed by atoms with van der Waals surface area (Å²) in [6.07, 6.45) is 1.99. The van der Waals surface area contributed by atoms with Crippen molar-refractivity contribution < 1.29 is 13.2 Å². The second kappa shape index (κ2) is 5.11. The zero-order valence-corrected chi connectivity index (χ0v) is 11.6. The summed E-state index contributed by atoms with van der Waals surface area (Å²) in [6.45, 7) is 2.80. The number of nitrogens with one attached hydrogen (secondary N) is 1. The molecular weight excluding hydrogens is 264 g/mol. The van der Waals surface area contributed by atoms with Crippen molar-refractivity contribution in [3.63, 3.8) is 0 Å². The summed E-state index contributed by atoms with van der Waals surface area (Å²) in [4.78, 5) is 0.400. The number of fused-ring (bicyclic) bond motifs is 1. The van der Waals surface area contributed by atoms with Crippen molar-refractivity contribution in [3.8, 4) is 0 Å². The number of hydrogen-bond acceptors (Lipinski definition) is 4. The number of ether oxygens (including phenoxy) is 1. The maximum Gasteiger partial charge on any atom is 0.243 e. The molecule has 0 amide bonds. The van der Waals surface area contributed by atoms with E-state index in [0.29, 0.717) is 31.2 Å². The topological polar surface area (TPSA) is 58.6 Å². The third-order valence-corrected chi connectivity index (χ3v) is 5.52. The highest BCUT2D eigenvalue weighted by atomic mass is 32.2. The zero-order chi connectivity index (χ0) is 13.3. The summed E-state index contributed by atoms with van der Waals surface area (Å²) >= 11 is 0. The van der Waals surface area contributed by atoms with Gasteiger partial charge in [0.05, 0.1) is 18.1 Å². The van der Waals surface area contributed by atoms with Gasteiger partial charge in [0, 0.05) is 25.3 Å². The quantitative estimate of drug-likeness (QED) is 0.881. The summed E-state index contributed by atoms with van der Waals surface area (Å²) in [5, 5.41) is 3.29. The van der Waals surface area contributed by atoms with Crippen LogP contribution in [0.1, 0.15) is 12.0 Å². The Kier molecular flexibility index (Phi) is 3.47. The van der Waals surface area contributed by atoms with Gasteiger partial charge in [0.1, 0.15) is 0 Å². The van der Waals surface area contributed by atoms with Crippen LogP contribution in [0.4, 0.5) is 5.69 Å². The van der Waals surface area contributed by atoms with Crippen molar-refractivity contribution in [3.05, 3.63) is 23.8 Å². The van der Waals surface area contributed by atoms with E-state index in [1.165, 1.54) is 4.31 Å². The minimum Gasteiger partial charge on any atom is -0.385 e. The number of sulfonamides is 1. The summed E-state index contributed by atoms with van der Waals surface area (Å²) in [7, 11) is -3.37. The molecule has 5 nitrogen and oxygen atoms in total. The van der Waals surface area contributed by atoms with Gasteiger partial charge >= 0.3 is 0 Å². The largest absolute Gasteiger partial charge is 0.385 e. The molecule has 0 spiro atoms. The summed E-state index contributed by atoms with van der Waals surface area (Å²) in [5.74, 6) is 0. The van der Waals surface area contributed by atoms with Crippen molar-refractivity contribution >= 4 is 15.7 Å². The first-order chi connectivity index (χ1) is 9.18. The Balaban J connectivity index is 1.92. The molecule has 6 heteroatoms. The van der Waals surface area contributed by atoms with Gasteiger partial charge in [-0.3, -0.25) is 0 Å². The predicted octanol–water partition coefficient (Wildman–Crippen LogP) is 1.07. The number of benzene rings is 1. The molecule has 0 aromatic heterocycles. The molecule has 0 bridgehead atoms. The second-order valence-electron chi connectivity index (χ2n) is 4.87. The number of morpholine rings is 1. The predicted molar refractivity (Wildman–Crippen MR) is 72.8 cm³/mol. The Morgan fingerprint density at radius 3 is 2.79 bits per heavy atom. The molecule has 1 aromatic rings. The van der Waals surface area contributed by atoms with Crippen LogP contribution in [0.5, 0.6) is 0 Å². The fraction of sp³-hybridized carbons (Fsp3) is 0.538. The van der Waals surface area contributed by atoms with Crippen LogP contribution in [0, 0.1) is 0 Å². The van der Waals surface area contributed by atoms with Crippen LogP contribution in [0.2, 0.25) is 0 Å². The zero-order valence-electron chi connectivity index (χ0n) is 10.8. The smallest absolute Gasteiger partial charge is 0.243 e. The van der Waals surface area contributed by atoms with Gasteiger partial charge in [0.15, 0.2) is 0 Å².